The topological polar surface area (TPSA) is 88.9 Å². The van der Waals surface area contributed by atoms with E-state index >= 15 is 0 Å². The van der Waals surface area contributed by atoms with Crippen molar-refractivity contribution in [1.82, 2.24) is 14.7 Å². The van der Waals surface area contributed by atoms with Gasteiger partial charge in [-0.05, 0) is 44.5 Å². The molecule has 2 atom stereocenters. The summed E-state index contributed by atoms with van der Waals surface area (Å²) in [5.74, 6) is 1.11. The number of carbonyl (C=O) groups excluding carboxylic acids is 2. The van der Waals surface area contributed by atoms with Crippen LogP contribution in [0.5, 0.6) is 5.75 Å². The predicted octanol–water partition coefficient (Wildman–Crippen LogP) is 1.41. The van der Waals surface area contributed by atoms with Crippen LogP contribution >= 0.6 is 0 Å². The molecule has 3 amide bonds. The maximum Gasteiger partial charge on any atom is 0.328 e. The number of methoxy groups -OCH3 is 1. The molecule has 0 spiro atoms. The highest BCUT2D eigenvalue weighted by molar-refractivity contribution is 6.10. The van der Waals surface area contributed by atoms with Gasteiger partial charge in [0.05, 0.1) is 7.11 Å². The molecule has 9 nitrogen and oxygen atoms in total. The van der Waals surface area contributed by atoms with Crippen molar-refractivity contribution in [2.24, 2.45) is 4.99 Å². The molecule has 3 aliphatic heterocycles. The summed E-state index contributed by atoms with van der Waals surface area (Å²) >= 11 is 0. The molecule has 1 saturated heterocycles. The van der Waals surface area contributed by atoms with Gasteiger partial charge in [-0.1, -0.05) is 0 Å². The number of amides is 3. The lowest BCUT2D eigenvalue weighted by Crippen LogP contribution is -2.64. The minimum Gasteiger partial charge on any atom is -0.497 e. The number of hydrogen-bond acceptors (Lipinski definition) is 7. The summed E-state index contributed by atoms with van der Waals surface area (Å²) in [7, 11) is 3.28. The number of aliphatic hydroxyl groups is 1. The number of nitrogens with zero attached hydrogens (tertiary/aromatic N) is 5. The van der Waals surface area contributed by atoms with E-state index in [1.54, 1.807) is 14.2 Å². The second kappa shape index (κ2) is 7.07. The van der Waals surface area contributed by atoms with Crippen LogP contribution in [0.15, 0.2) is 40.7 Å². The molecule has 4 rings (SSSR count). The van der Waals surface area contributed by atoms with Gasteiger partial charge in [0, 0.05) is 37.3 Å². The van der Waals surface area contributed by atoms with E-state index in [1.807, 2.05) is 47.9 Å². The zero-order valence-electron chi connectivity index (χ0n) is 17.0. The fourth-order valence-electron chi connectivity index (χ4n) is 4.09. The van der Waals surface area contributed by atoms with Crippen molar-refractivity contribution in [2.75, 3.05) is 32.2 Å². The molecule has 1 aromatic rings. The quantitative estimate of drug-likeness (QED) is 0.805. The average molecular weight is 399 g/mol. The van der Waals surface area contributed by atoms with Gasteiger partial charge >= 0.3 is 6.03 Å². The first-order chi connectivity index (χ1) is 13.9. The lowest BCUT2D eigenvalue weighted by atomic mass is 10.1. The van der Waals surface area contributed by atoms with Gasteiger partial charge in [-0.25, -0.2) is 9.79 Å². The van der Waals surface area contributed by atoms with Crippen LogP contribution in [0.4, 0.5) is 10.5 Å². The van der Waals surface area contributed by atoms with Crippen molar-refractivity contribution in [1.29, 1.82) is 0 Å². The molecule has 3 aliphatic rings. The maximum absolute atomic E-state index is 13.2. The molecule has 0 radical (unpaired) electrons. The van der Waals surface area contributed by atoms with Crippen molar-refractivity contribution in [3.05, 3.63) is 35.7 Å². The van der Waals surface area contributed by atoms with E-state index in [0.29, 0.717) is 12.4 Å². The average Bonchev–Trinajstić information content (AvgIpc) is 3.22. The molecular formula is C20H25N5O4. The molecule has 3 heterocycles. The molecular weight excluding hydrogens is 374 g/mol. The molecule has 1 N–H and O–H groups in total. The van der Waals surface area contributed by atoms with Gasteiger partial charge in [-0.15, -0.1) is 0 Å². The summed E-state index contributed by atoms with van der Waals surface area (Å²) < 4.78 is 5.24. The largest absolute Gasteiger partial charge is 0.497 e. The van der Waals surface area contributed by atoms with Crippen LogP contribution in [0.3, 0.4) is 0 Å². The fraction of sp³-hybridized carbons (Fsp3) is 0.450. The number of imide groups is 1. The summed E-state index contributed by atoms with van der Waals surface area (Å²) in [4.78, 5) is 37.3. The van der Waals surface area contributed by atoms with E-state index in [-0.39, 0.29) is 25.1 Å². The zero-order chi connectivity index (χ0) is 20.9. The van der Waals surface area contributed by atoms with E-state index in [2.05, 4.69) is 0 Å². The molecule has 0 saturated carbocycles. The first-order valence-corrected chi connectivity index (χ1v) is 9.58. The molecule has 1 aromatic carbocycles. The Bertz CT molecular complexity index is 910. The third kappa shape index (κ3) is 2.76. The number of fused-ring (bicyclic) bond motifs is 3. The van der Waals surface area contributed by atoms with Gasteiger partial charge in [0.2, 0.25) is 5.96 Å². The molecule has 29 heavy (non-hydrogen) atoms. The lowest BCUT2D eigenvalue weighted by Gasteiger charge is -2.40. The Labute approximate surface area is 169 Å². The Hall–Kier alpha value is -3.07. The first kappa shape index (κ1) is 19.3. The van der Waals surface area contributed by atoms with Crippen LogP contribution in [0, 0.1) is 0 Å². The molecule has 0 aromatic heterocycles. The van der Waals surface area contributed by atoms with Crippen molar-refractivity contribution >= 4 is 23.6 Å². The van der Waals surface area contributed by atoms with Crippen LogP contribution in [0.25, 0.3) is 0 Å². The van der Waals surface area contributed by atoms with Crippen LogP contribution < -0.4 is 9.64 Å². The Morgan fingerprint density at radius 1 is 1.14 bits per heavy atom. The number of hydrogen-bond donors (Lipinski definition) is 1. The number of anilines is 1. The SMILES string of the molecule is COc1ccc(N2C3=NC4C(C(=O)N(CCCO)C(=O)N4C)N3C(C)=C2C)cc1. The van der Waals surface area contributed by atoms with E-state index in [9.17, 15) is 9.59 Å². The lowest BCUT2D eigenvalue weighted by molar-refractivity contribution is -0.136. The number of ether oxygens (including phenoxy) is 1. The number of urea groups is 1. The van der Waals surface area contributed by atoms with Gasteiger partial charge in [0.1, 0.15) is 5.75 Å². The second-order valence-electron chi connectivity index (χ2n) is 7.32. The van der Waals surface area contributed by atoms with Crippen molar-refractivity contribution < 1.29 is 19.4 Å². The number of aliphatic hydroxyl groups excluding tert-OH is 1. The summed E-state index contributed by atoms with van der Waals surface area (Å²) in [5.41, 5.74) is 2.80. The molecule has 0 bridgehead atoms. The molecule has 2 unspecified atom stereocenters. The van der Waals surface area contributed by atoms with Crippen LogP contribution in [0.1, 0.15) is 20.3 Å². The highest BCUT2D eigenvalue weighted by Crippen LogP contribution is 2.40. The normalized spacial score (nSPS) is 23.7. The van der Waals surface area contributed by atoms with Crippen molar-refractivity contribution in [3.63, 3.8) is 0 Å². The Morgan fingerprint density at radius 2 is 1.83 bits per heavy atom. The predicted molar refractivity (Wildman–Crippen MR) is 107 cm³/mol. The van der Waals surface area contributed by atoms with Crippen molar-refractivity contribution in [2.45, 2.75) is 32.5 Å². The summed E-state index contributed by atoms with van der Waals surface area (Å²) in [6.07, 6.45) is -0.235. The highest BCUT2D eigenvalue weighted by atomic mass is 16.5. The number of rotatable bonds is 5. The minimum absolute atomic E-state index is 0.0797. The summed E-state index contributed by atoms with van der Waals surface area (Å²) in [6.45, 7) is 4.05. The highest BCUT2D eigenvalue weighted by Gasteiger charge is 2.55. The van der Waals surface area contributed by atoms with Crippen LogP contribution in [0.2, 0.25) is 0 Å². The van der Waals surface area contributed by atoms with Gasteiger partial charge in [-0.3, -0.25) is 19.5 Å². The Kier molecular flexibility index (Phi) is 4.70. The Morgan fingerprint density at radius 3 is 2.45 bits per heavy atom. The summed E-state index contributed by atoms with van der Waals surface area (Å²) in [6, 6.07) is 6.64. The molecule has 0 aliphatic carbocycles. The number of likely N-dealkylation sites (N-methyl/N-ethyl adjacent to an activating group) is 1. The Balaban J connectivity index is 1.72. The second-order valence-corrected chi connectivity index (χ2v) is 7.32. The van der Waals surface area contributed by atoms with Crippen molar-refractivity contribution in [3.8, 4) is 5.75 Å². The third-order valence-electron chi connectivity index (χ3n) is 5.76. The molecule has 154 valence electrons. The van der Waals surface area contributed by atoms with Gasteiger partial charge in [0.25, 0.3) is 5.91 Å². The van der Waals surface area contributed by atoms with E-state index in [4.69, 9.17) is 14.8 Å². The number of allylic oxidation sites excluding steroid dienone is 2. The van der Waals surface area contributed by atoms with Gasteiger partial charge in [0.15, 0.2) is 12.2 Å². The van der Waals surface area contributed by atoms with E-state index < -0.39 is 12.2 Å². The van der Waals surface area contributed by atoms with Crippen LogP contribution in [-0.4, -0.2) is 77.2 Å². The van der Waals surface area contributed by atoms with E-state index in [1.165, 1.54) is 9.80 Å². The monoisotopic (exact) mass is 399 g/mol. The first-order valence-electron chi connectivity index (χ1n) is 9.58. The van der Waals surface area contributed by atoms with E-state index in [0.717, 1.165) is 22.8 Å². The summed E-state index contributed by atoms with van der Waals surface area (Å²) in [5, 5.41) is 9.13. The maximum atomic E-state index is 13.2. The van der Waals surface area contributed by atoms with Gasteiger partial charge in [-0.2, -0.15) is 0 Å². The molecule has 9 heteroatoms. The number of benzene rings is 1. The smallest absolute Gasteiger partial charge is 0.328 e. The van der Waals surface area contributed by atoms with Gasteiger partial charge < -0.3 is 14.7 Å². The molecule has 1 fully saturated rings. The minimum atomic E-state index is -0.607. The fourth-order valence-corrected chi connectivity index (χ4v) is 4.09. The van der Waals surface area contributed by atoms with Crippen LogP contribution in [-0.2, 0) is 4.79 Å². The third-order valence-corrected chi connectivity index (χ3v) is 5.76. The zero-order valence-corrected chi connectivity index (χ0v) is 17.0. The number of guanidine groups is 1. The number of carbonyl (C=O) groups is 2. The standard InChI is InChI=1S/C20H25N5O4/c1-12-13(2)25-16-17(22(3)20(28)23(18(16)27)10-5-11-26)21-19(25)24(12)14-6-8-15(29-4)9-7-14/h6-9,16-17,26H,5,10-11H2,1-4H3. The number of aliphatic imine (C=N–C) groups is 1.